The summed E-state index contributed by atoms with van der Waals surface area (Å²) in [6.45, 7) is 2.45. The Bertz CT molecular complexity index is 1280. The molecule has 172 valence electrons. The van der Waals surface area contributed by atoms with Gasteiger partial charge in [0.2, 0.25) is 0 Å². The van der Waals surface area contributed by atoms with Crippen LogP contribution < -0.4 is 10.6 Å². The van der Waals surface area contributed by atoms with Gasteiger partial charge in [-0.15, -0.1) is 0 Å². The third kappa shape index (κ3) is 4.89. The third-order valence-corrected chi connectivity index (χ3v) is 6.73. The van der Waals surface area contributed by atoms with Gasteiger partial charge in [-0.2, -0.15) is 0 Å². The lowest BCUT2D eigenvalue weighted by Crippen LogP contribution is -2.41. The first kappa shape index (κ1) is 22.3. The summed E-state index contributed by atoms with van der Waals surface area (Å²) in [6.07, 6.45) is 1.16. The van der Waals surface area contributed by atoms with Crippen molar-refractivity contribution in [1.29, 1.82) is 0 Å². The second kappa shape index (κ2) is 10.2. The molecule has 5 rings (SSSR count). The van der Waals surface area contributed by atoms with E-state index in [0.717, 1.165) is 30.6 Å². The molecule has 0 aromatic heterocycles. The van der Waals surface area contributed by atoms with Crippen LogP contribution in [0.3, 0.4) is 0 Å². The predicted octanol–water partition coefficient (Wildman–Crippen LogP) is 5.53. The Morgan fingerprint density at radius 2 is 1.74 bits per heavy atom. The molecule has 0 unspecified atom stereocenters. The fraction of sp³-hybridized carbons (Fsp3) is 0.233. The molecule has 0 aliphatic carbocycles. The van der Waals surface area contributed by atoms with Crippen molar-refractivity contribution in [2.75, 3.05) is 20.1 Å². The van der Waals surface area contributed by atoms with Crippen LogP contribution in [-0.2, 0) is 11.3 Å². The van der Waals surface area contributed by atoms with Crippen molar-refractivity contribution in [1.82, 2.24) is 10.6 Å². The zero-order valence-electron chi connectivity index (χ0n) is 19.5. The van der Waals surface area contributed by atoms with E-state index in [2.05, 4.69) is 77.4 Å². The maximum atomic E-state index is 11.9. The minimum absolute atomic E-state index is 0.0681. The molecule has 1 saturated heterocycles. The number of ether oxygens (including phenoxy) is 1. The monoisotopic (exact) mass is 450 g/mol. The van der Waals surface area contributed by atoms with E-state index in [1.807, 2.05) is 24.3 Å². The van der Waals surface area contributed by atoms with E-state index >= 15 is 0 Å². The minimum Gasteiger partial charge on any atom is -0.372 e. The van der Waals surface area contributed by atoms with Crippen LogP contribution in [0.2, 0.25) is 0 Å². The highest BCUT2D eigenvalue weighted by Crippen LogP contribution is 2.31. The standard InChI is InChI=1S/C30H30N2O2/c1-31-30(33)24-13-11-23(12-14-24)26-7-4-8-27(18-26)28-15-16-32-19-29(28)34-20-21-9-10-22-5-2-3-6-25(22)17-21/h2-14,17-18,28-29,32H,15-16,19-20H2,1H3,(H,31,33)/t28-,29+/m1/s1. The van der Waals surface area contributed by atoms with Crippen molar-refractivity contribution < 1.29 is 9.53 Å². The molecule has 0 bridgehead atoms. The van der Waals surface area contributed by atoms with E-state index in [1.54, 1.807) is 7.05 Å². The van der Waals surface area contributed by atoms with Gasteiger partial charge in [-0.1, -0.05) is 72.8 Å². The normalized spacial score (nSPS) is 18.0. The van der Waals surface area contributed by atoms with E-state index in [-0.39, 0.29) is 12.0 Å². The van der Waals surface area contributed by atoms with Crippen LogP contribution >= 0.6 is 0 Å². The van der Waals surface area contributed by atoms with Gasteiger partial charge in [-0.05, 0) is 64.2 Å². The molecule has 0 saturated carbocycles. The van der Waals surface area contributed by atoms with E-state index in [4.69, 9.17) is 4.74 Å². The molecule has 4 aromatic rings. The quantitative estimate of drug-likeness (QED) is 0.406. The smallest absolute Gasteiger partial charge is 0.251 e. The summed E-state index contributed by atoms with van der Waals surface area (Å²) in [5.41, 5.74) is 5.44. The zero-order chi connectivity index (χ0) is 23.3. The highest BCUT2D eigenvalue weighted by molar-refractivity contribution is 5.94. The number of amides is 1. The summed E-state index contributed by atoms with van der Waals surface area (Å²) >= 11 is 0. The molecule has 1 aliphatic heterocycles. The Morgan fingerprint density at radius 3 is 2.56 bits per heavy atom. The van der Waals surface area contributed by atoms with Gasteiger partial charge < -0.3 is 15.4 Å². The molecule has 2 N–H and O–H groups in total. The summed E-state index contributed by atoms with van der Waals surface area (Å²) < 4.78 is 6.48. The van der Waals surface area contributed by atoms with E-state index in [9.17, 15) is 4.79 Å². The summed E-state index contributed by atoms with van der Waals surface area (Å²) in [5.74, 6) is 0.271. The Kier molecular flexibility index (Phi) is 6.70. The van der Waals surface area contributed by atoms with Crippen LogP contribution in [0.15, 0.2) is 91.0 Å². The van der Waals surface area contributed by atoms with Crippen LogP contribution in [0, 0.1) is 0 Å². The third-order valence-electron chi connectivity index (χ3n) is 6.73. The Morgan fingerprint density at radius 1 is 0.912 bits per heavy atom. The number of carbonyl (C=O) groups excluding carboxylic acids is 1. The van der Waals surface area contributed by atoms with Crippen molar-refractivity contribution in [3.8, 4) is 11.1 Å². The maximum absolute atomic E-state index is 11.9. The average molecular weight is 451 g/mol. The lowest BCUT2D eigenvalue weighted by Gasteiger charge is -2.33. The minimum atomic E-state index is -0.0681. The first-order valence-electron chi connectivity index (χ1n) is 11.9. The second-order valence-corrected chi connectivity index (χ2v) is 8.91. The average Bonchev–Trinajstić information content (AvgIpc) is 2.91. The fourth-order valence-electron chi connectivity index (χ4n) is 4.83. The Balaban J connectivity index is 1.32. The number of nitrogens with one attached hydrogen (secondary N) is 2. The number of fused-ring (bicyclic) bond motifs is 1. The maximum Gasteiger partial charge on any atom is 0.251 e. The Labute approximate surface area is 201 Å². The van der Waals surface area contributed by atoms with Crippen LogP contribution in [0.4, 0.5) is 0 Å². The van der Waals surface area contributed by atoms with Gasteiger partial charge in [0.1, 0.15) is 0 Å². The van der Waals surface area contributed by atoms with Gasteiger partial charge in [0.25, 0.3) is 5.91 Å². The van der Waals surface area contributed by atoms with Crippen LogP contribution in [0.5, 0.6) is 0 Å². The summed E-state index contributed by atoms with van der Waals surface area (Å²) in [5, 5.41) is 8.68. The van der Waals surface area contributed by atoms with Gasteiger partial charge >= 0.3 is 0 Å². The largest absolute Gasteiger partial charge is 0.372 e. The van der Waals surface area contributed by atoms with Gasteiger partial charge in [-0.25, -0.2) is 0 Å². The summed E-state index contributed by atoms with van der Waals surface area (Å²) in [6, 6.07) is 31.5. The highest BCUT2D eigenvalue weighted by Gasteiger charge is 2.27. The van der Waals surface area contributed by atoms with Gasteiger partial charge in [0.15, 0.2) is 0 Å². The number of hydrogen-bond donors (Lipinski definition) is 2. The van der Waals surface area contributed by atoms with Crippen molar-refractivity contribution >= 4 is 16.7 Å². The van der Waals surface area contributed by atoms with Crippen molar-refractivity contribution in [2.45, 2.75) is 25.0 Å². The number of piperidine rings is 1. The molecular formula is C30H30N2O2. The number of rotatable bonds is 6. The van der Waals surface area contributed by atoms with E-state index < -0.39 is 0 Å². The van der Waals surface area contributed by atoms with E-state index in [1.165, 1.54) is 21.9 Å². The van der Waals surface area contributed by atoms with E-state index in [0.29, 0.717) is 18.1 Å². The lowest BCUT2D eigenvalue weighted by atomic mass is 9.86. The summed E-state index contributed by atoms with van der Waals surface area (Å²) in [4.78, 5) is 11.9. The first-order chi connectivity index (χ1) is 16.7. The molecule has 4 heteroatoms. The van der Waals surface area contributed by atoms with Crippen LogP contribution in [0.25, 0.3) is 21.9 Å². The van der Waals surface area contributed by atoms with Gasteiger partial charge in [0, 0.05) is 25.1 Å². The van der Waals surface area contributed by atoms with Crippen molar-refractivity contribution in [3.05, 3.63) is 108 Å². The molecule has 0 radical (unpaired) electrons. The SMILES string of the molecule is CNC(=O)c1ccc(-c2cccc([C@H]3CCNC[C@@H]3OCc3ccc4ccccc4c3)c2)cc1. The molecule has 1 amide bonds. The van der Waals surface area contributed by atoms with Crippen LogP contribution in [-0.4, -0.2) is 32.1 Å². The number of benzene rings is 4. The fourth-order valence-corrected chi connectivity index (χ4v) is 4.83. The molecule has 0 spiro atoms. The number of hydrogen-bond acceptors (Lipinski definition) is 3. The molecule has 1 aliphatic rings. The Hall–Kier alpha value is -3.47. The molecule has 1 heterocycles. The van der Waals surface area contributed by atoms with Gasteiger partial charge in [-0.3, -0.25) is 4.79 Å². The zero-order valence-corrected chi connectivity index (χ0v) is 19.5. The first-order valence-corrected chi connectivity index (χ1v) is 11.9. The molecule has 4 nitrogen and oxygen atoms in total. The molecule has 2 atom stereocenters. The highest BCUT2D eigenvalue weighted by atomic mass is 16.5. The summed E-state index contributed by atoms with van der Waals surface area (Å²) in [7, 11) is 1.65. The van der Waals surface area contributed by atoms with Crippen LogP contribution in [0.1, 0.15) is 33.8 Å². The van der Waals surface area contributed by atoms with Gasteiger partial charge in [0.05, 0.1) is 12.7 Å². The predicted molar refractivity (Wildman–Crippen MR) is 138 cm³/mol. The topological polar surface area (TPSA) is 50.4 Å². The molecule has 4 aromatic carbocycles. The van der Waals surface area contributed by atoms with Crippen molar-refractivity contribution in [2.24, 2.45) is 0 Å². The molecule has 34 heavy (non-hydrogen) atoms. The molecule has 1 fully saturated rings. The number of carbonyl (C=O) groups is 1. The molecular weight excluding hydrogens is 420 g/mol. The van der Waals surface area contributed by atoms with Crippen molar-refractivity contribution in [3.63, 3.8) is 0 Å². The second-order valence-electron chi connectivity index (χ2n) is 8.91. The lowest BCUT2D eigenvalue weighted by molar-refractivity contribution is 0.0107.